The van der Waals surface area contributed by atoms with Crippen LogP contribution in [-0.4, -0.2) is 25.2 Å². The normalized spacial score (nSPS) is 24.6. The summed E-state index contributed by atoms with van der Waals surface area (Å²) in [5.41, 5.74) is 0.384. The number of nitrogens with one attached hydrogen (secondary N) is 1. The zero-order valence-corrected chi connectivity index (χ0v) is 11.4. The molecule has 1 fully saturated rings. The van der Waals surface area contributed by atoms with Crippen molar-refractivity contribution in [3.05, 3.63) is 29.3 Å². The fourth-order valence-electron chi connectivity index (χ4n) is 2.48. The molecule has 2 rings (SSSR count). The van der Waals surface area contributed by atoms with Crippen molar-refractivity contribution in [3.8, 4) is 0 Å². The molecule has 1 N–H and O–H groups in total. The number of alkyl halides is 3. The Kier molecular flexibility index (Phi) is 3.76. The third-order valence-electron chi connectivity index (χ3n) is 3.62. The molecule has 2 atom stereocenters. The molecule has 0 saturated carbocycles. The summed E-state index contributed by atoms with van der Waals surface area (Å²) in [5.74, 6) is 0. The molecule has 106 valence electrons. The van der Waals surface area contributed by atoms with Gasteiger partial charge in [-0.1, -0.05) is 6.07 Å². The first kappa shape index (κ1) is 14.2. The maximum Gasteiger partial charge on any atom is 0.416 e. The van der Waals surface area contributed by atoms with Gasteiger partial charge in [0.1, 0.15) is 0 Å². The lowest BCUT2D eigenvalue weighted by Gasteiger charge is -2.39. The Balaban J connectivity index is 2.35. The number of nitrogens with zero attached hydrogens (tertiary/aromatic N) is 1. The van der Waals surface area contributed by atoms with E-state index in [1.165, 1.54) is 13.0 Å². The number of anilines is 1. The summed E-state index contributed by atoms with van der Waals surface area (Å²) in [5, 5.41) is 3.32. The van der Waals surface area contributed by atoms with Gasteiger partial charge in [-0.3, -0.25) is 0 Å². The smallest absolute Gasteiger partial charge is 0.366 e. The summed E-state index contributed by atoms with van der Waals surface area (Å²) in [6.45, 7) is 7.07. The lowest BCUT2D eigenvalue weighted by atomic mass is 10.0. The lowest BCUT2D eigenvalue weighted by molar-refractivity contribution is -0.138. The molecule has 0 bridgehead atoms. The van der Waals surface area contributed by atoms with Crippen molar-refractivity contribution in [1.29, 1.82) is 0 Å². The molecule has 0 aromatic heterocycles. The van der Waals surface area contributed by atoms with E-state index in [-0.39, 0.29) is 17.6 Å². The van der Waals surface area contributed by atoms with Crippen LogP contribution in [0.5, 0.6) is 0 Å². The maximum absolute atomic E-state index is 12.9. The molecule has 0 amide bonds. The van der Waals surface area contributed by atoms with Gasteiger partial charge in [0, 0.05) is 30.9 Å². The first-order chi connectivity index (χ1) is 8.79. The van der Waals surface area contributed by atoms with E-state index >= 15 is 0 Å². The number of halogens is 3. The fraction of sp³-hybridized carbons (Fsp3) is 0.571. The number of hydrogen-bond acceptors (Lipinski definition) is 2. The van der Waals surface area contributed by atoms with Gasteiger partial charge in [-0.15, -0.1) is 0 Å². The molecule has 0 aliphatic carbocycles. The minimum Gasteiger partial charge on any atom is -0.366 e. The predicted molar refractivity (Wildman–Crippen MR) is 70.5 cm³/mol. The van der Waals surface area contributed by atoms with Crippen LogP contribution in [0.3, 0.4) is 0 Å². The number of aryl methyl sites for hydroxylation is 1. The summed E-state index contributed by atoms with van der Waals surface area (Å²) in [6, 6.07) is 5.08. The Morgan fingerprint density at radius 1 is 1.26 bits per heavy atom. The van der Waals surface area contributed by atoms with Crippen molar-refractivity contribution >= 4 is 5.69 Å². The number of benzene rings is 1. The molecule has 5 heteroatoms. The molecule has 1 aliphatic rings. The topological polar surface area (TPSA) is 15.3 Å². The van der Waals surface area contributed by atoms with Crippen molar-refractivity contribution in [3.63, 3.8) is 0 Å². The van der Waals surface area contributed by atoms with Crippen LogP contribution in [0, 0.1) is 6.92 Å². The maximum atomic E-state index is 12.9. The van der Waals surface area contributed by atoms with Crippen molar-refractivity contribution in [2.45, 2.75) is 39.0 Å². The van der Waals surface area contributed by atoms with Crippen LogP contribution < -0.4 is 10.2 Å². The Bertz CT molecular complexity index is 456. The summed E-state index contributed by atoms with van der Waals surface area (Å²) >= 11 is 0. The van der Waals surface area contributed by atoms with Gasteiger partial charge in [-0.05, 0) is 38.5 Å². The standard InChI is InChI=1S/C14H19F3N2/c1-9-4-5-12(6-13(9)14(15,16)17)19-8-10(2)18-7-11(19)3/h4-6,10-11,18H,7-8H2,1-3H3. The van der Waals surface area contributed by atoms with Gasteiger partial charge in [-0.2, -0.15) is 13.2 Å². The van der Waals surface area contributed by atoms with Gasteiger partial charge in [-0.25, -0.2) is 0 Å². The molecule has 0 radical (unpaired) electrons. The second-order valence-corrected chi connectivity index (χ2v) is 5.31. The Morgan fingerprint density at radius 2 is 1.95 bits per heavy atom. The van der Waals surface area contributed by atoms with Gasteiger partial charge in [0.25, 0.3) is 0 Å². The molecule has 1 heterocycles. The second-order valence-electron chi connectivity index (χ2n) is 5.31. The molecular weight excluding hydrogens is 253 g/mol. The van der Waals surface area contributed by atoms with Gasteiger partial charge in [0.05, 0.1) is 5.56 Å². The van der Waals surface area contributed by atoms with Crippen LogP contribution in [0.1, 0.15) is 25.0 Å². The van der Waals surface area contributed by atoms with E-state index in [9.17, 15) is 13.2 Å². The largest absolute Gasteiger partial charge is 0.416 e. The van der Waals surface area contributed by atoms with E-state index in [0.29, 0.717) is 5.69 Å². The van der Waals surface area contributed by atoms with Crippen LogP contribution in [-0.2, 0) is 6.18 Å². The van der Waals surface area contributed by atoms with Crippen molar-refractivity contribution in [2.24, 2.45) is 0 Å². The molecule has 2 nitrogen and oxygen atoms in total. The van der Waals surface area contributed by atoms with E-state index in [2.05, 4.69) is 5.32 Å². The SMILES string of the molecule is Cc1ccc(N2CC(C)NCC2C)cc1C(F)(F)F. The zero-order valence-electron chi connectivity index (χ0n) is 11.4. The molecule has 1 aliphatic heterocycles. The van der Waals surface area contributed by atoms with Gasteiger partial charge in [0.15, 0.2) is 0 Å². The average Bonchev–Trinajstić information content (AvgIpc) is 2.31. The van der Waals surface area contributed by atoms with E-state index < -0.39 is 11.7 Å². The highest BCUT2D eigenvalue weighted by molar-refractivity contribution is 5.53. The Hall–Kier alpha value is -1.23. The first-order valence-corrected chi connectivity index (χ1v) is 6.47. The van der Waals surface area contributed by atoms with Crippen LogP contribution >= 0.6 is 0 Å². The third-order valence-corrected chi connectivity index (χ3v) is 3.62. The number of piperazine rings is 1. The van der Waals surface area contributed by atoms with Crippen LogP contribution in [0.4, 0.5) is 18.9 Å². The average molecular weight is 272 g/mol. The van der Waals surface area contributed by atoms with E-state index in [1.807, 2.05) is 18.7 Å². The highest BCUT2D eigenvalue weighted by atomic mass is 19.4. The highest BCUT2D eigenvalue weighted by Crippen LogP contribution is 2.34. The molecular formula is C14H19F3N2. The van der Waals surface area contributed by atoms with Crippen molar-refractivity contribution in [2.75, 3.05) is 18.0 Å². The van der Waals surface area contributed by atoms with E-state index in [1.54, 1.807) is 12.1 Å². The Labute approximate surface area is 111 Å². The Morgan fingerprint density at radius 3 is 2.58 bits per heavy atom. The molecule has 0 spiro atoms. The van der Waals surface area contributed by atoms with Crippen molar-refractivity contribution in [1.82, 2.24) is 5.32 Å². The third kappa shape index (κ3) is 3.03. The van der Waals surface area contributed by atoms with Gasteiger partial charge >= 0.3 is 6.18 Å². The van der Waals surface area contributed by atoms with E-state index in [4.69, 9.17) is 0 Å². The molecule has 19 heavy (non-hydrogen) atoms. The predicted octanol–water partition coefficient (Wildman–Crippen LogP) is 3.20. The fourth-order valence-corrected chi connectivity index (χ4v) is 2.48. The highest BCUT2D eigenvalue weighted by Gasteiger charge is 2.33. The van der Waals surface area contributed by atoms with Gasteiger partial charge in [0.2, 0.25) is 0 Å². The second kappa shape index (κ2) is 5.04. The summed E-state index contributed by atoms with van der Waals surface area (Å²) in [6.07, 6.45) is -4.29. The van der Waals surface area contributed by atoms with Gasteiger partial charge < -0.3 is 10.2 Å². The van der Waals surface area contributed by atoms with Crippen LogP contribution in [0.15, 0.2) is 18.2 Å². The molecule has 2 unspecified atom stereocenters. The molecule has 1 aromatic rings. The summed E-state index contributed by atoms with van der Waals surface area (Å²) < 4.78 is 38.8. The van der Waals surface area contributed by atoms with Crippen molar-refractivity contribution < 1.29 is 13.2 Å². The zero-order chi connectivity index (χ0) is 14.2. The summed E-state index contributed by atoms with van der Waals surface area (Å²) in [4.78, 5) is 2.04. The minimum absolute atomic E-state index is 0.194. The lowest BCUT2D eigenvalue weighted by Crippen LogP contribution is -2.54. The molecule has 1 saturated heterocycles. The molecule has 1 aromatic carbocycles. The number of hydrogen-bond donors (Lipinski definition) is 1. The number of rotatable bonds is 1. The quantitative estimate of drug-likeness (QED) is 0.844. The monoisotopic (exact) mass is 272 g/mol. The first-order valence-electron chi connectivity index (χ1n) is 6.47. The van der Waals surface area contributed by atoms with Crippen LogP contribution in [0.25, 0.3) is 0 Å². The van der Waals surface area contributed by atoms with E-state index in [0.717, 1.165) is 13.1 Å². The summed E-state index contributed by atoms with van der Waals surface area (Å²) in [7, 11) is 0. The van der Waals surface area contributed by atoms with Crippen LogP contribution in [0.2, 0.25) is 0 Å². The minimum atomic E-state index is -4.29.